The predicted molar refractivity (Wildman–Crippen MR) is 133 cm³/mol. The van der Waals surface area contributed by atoms with Crippen LogP contribution < -0.4 is 5.32 Å². The maximum absolute atomic E-state index is 13.7. The first-order valence-corrected chi connectivity index (χ1v) is 11.1. The highest BCUT2D eigenvalue weighted by molar-refractivity contribution is 6.20. The third-order valence-electron chi connectivity index (χ3n) is 5.37. The first-order chi connectivity index (χ1) is 15.5. The van der Waals surface area contributed by atoms with Crippen LogP contribution in [0.5, 0.6) is 0 Å². The van der Waals surface area contributed by atoms with E-state index in [1.807, 2.05) is 78.4 Å². The summed E-state index contributed by atoms with van der Waals surface area (Å²) in [5.74, 6) is 0.719. The van der Waals surface area contributed by atoms with Gasteiger partial charge in [-0.05, 0) is 37.5 Å². The van der Waals surface area contributed by atoms with Gasteiger partial charge in [0.2, 0.25) is 0 Å². The summed E-state index contributed by atoms with van der Waals surface area (Å²) in [7, 11) is 0. The third kappa shape index (κ3) is 4.06. The van der Waals surface area contributed by atoms with Crippen LogP contribution in [0.15, 0.2) is 72.8 Å². The van der Waals surface area contributed by atoms with E-state index in [-0.39, 0.29) is 11.8 Å². The number of para-hydroxylation sites is 2. The van der Waals surface area contributed by atoms with Crippen molar-refractivity contribution >= 4 is 39.2 Å². The van der Waals surface area contributed by atoms with Crippen molar-refractivity contribution in [3.63, 3.8) is 0 Å². The van der Waals surface area contributed by atoms with Crippen molar-refractivity contribution in [1.29, 1.82) is 0 Å². The molecule has 32 heavy (non-hydrogen) atoms. The summed E-state index contributed by atoms with van der Waals surface area (Å²) in [4.78, 5) is 18.4. The lowest BCUT2D eigenvalue weighted by molar-refractivity contribution is 0.102. The Morgan fingerprint density at radius 3 is 2.25 bits per heavy atom. The van der Waals surface area contributed by atoms with Gasteiger partial charge in [0.25, 0.3) is 5.91 Å². The zero-order chi connectivity index (χ0) is 22.7. The average molecular weight is 425 g/mol. The molecule has 0 bridgehead atoms. The lowest BCUT2D eigenvalue weighted by Crippen LogP contribution is -2.16. The van der Waals surface area contributed by atoms with Crippen LogP contribution in [0.2, 0.25) is 0 Å². The second-order valence-electron chi connectivity index (χ2n) is 8.03. The molecule has 0 radical (unpaired) electrons. The molecule has 0 aliphatic heterocycles. The molecule has 4 rings (SSSR count). The monoisotopic (exact) mass is 424 g/mol. The molecule has 1 N–H and O–H groups in total. The molecule has 0 atom stereocenters. The first-order valence-electron chi connectivity index (χ1n) is 11.1. The Labute approximate surface area is 188 Å². The number of pyridine rings is 1. The molecule has 0 fully saturated rings. The number of carbonyl (C=O) groups excluding carboxylic acids is 1. The number of amides is 1. The van der Waals surface area contributed by atoms with E-state index in [1.54, 1.807) is 0 Å². The fourth-order valence-corrected chi connectivity index (χ4v) is 3.84. The van der Waals surface area contributed by atoms with E-state index >= 15 is 0 Å². The Bertz CT molecular complexity index is 1290. The molecule has 162 valence electrons. The topological polar surface area (TPSA) is 59.8 Å². The number of carbonyl (C=O) groups is 1. The highest BCUT2D eigenvalue weighted by Gasteiger charge is 2.19. The number of nitrogens with zero attached hydrogens (tertiary/aromatic N) is 3. The number of hydrogen-bond acceptors (Lipinski definition) is 3. The van der Waals surface area contributed by atoms with Crippen molar-refractivity contribution in [3.05, 3.63) is 84.1 Å². The fraction of sp³-hybridized carbons (Fsp3) is 0.222. The summed E-state index contributed by atoms with van der Waals surface area (Å²) in [5.41, 5.74) is 4.08. The second-order valence-corrected chi connectivity index (χ2v) is 8.03. The fourth-order valence-electron chi connectivity index (χ4n) is 3.84. The van der Waals surface area contributed by atoms with Crippen LogP contribution in [-0.2, 0) is 0 Å². The normalized spacial score (nSPS) is 12.3. The number of fused-ring (bicyclic) bond motifs is 2. The molecule has 5 heteroatoms. The van der Waals surface area contributed by atoms with Crippen molar-refractivity contribution in [2.45, 2.75) is 40.0 Å². The van der Waals surface area contributed by atoms with Crippen molar-refractivity contribution in [2.75, 3.05) is 5.32 Å². The van der Waals surface area contributed by atoms with Crippen LogP contribution in [-0.4, -0.2) is 20.7 Å². The smallest absolute Gasteiger partial charge is 0.258 e. The maximum Gasteiger partial charge on any atom is 0.258 e. The number of aromatic nitrogens is 3. The van der Waals surface area contributed by atoms with Gasteiger partial charge in [0.15, 0.2) is 0 Å². The summed E-state index contributed by atoms with van der Waals surface area (Å²) < 4.78 is 1.82. The number of nitrogens with one attached hydrogen (secondary N) is 1. The highest BCUT2D eigenvalue weighted by Crippen LogP contribution is 2.28. The number of benzene rings is 2. The summed E-state index contributed by atoms with van der Waals surface area (Å²) in [5, 5.41) is 9.59. The Kier molecular flexibility index (Phi) is 6.17. The maximum atomic E-state index is 13.7. The quantitative estimate of drug-likeness (QED) is 0.274. The number of hydrogen-bond donors (Lipinski definition) is 1. The minimum absolute atomic E-state index is 0.174. The third-order valence-corrected chi connectivity index (χ3v) is 5.37. The summed E-state index contributed by atoms with van der Waals surface area (Å²) in [6, 6.07) is 17.5. The molecular formula is C27H28N4O. The molecular weight excluding hydrogens is 396 g/mol. The van der Waals surface area contributed by atoms with Gasteiger partial charge >= 0.3 is 0 Å². The van der Waals surface area contributed by atoms with Gasteiger partial charge in [-0.25, -0.2) is 9.67 Å². The lowest BCUT2D eigenvalue weighted by atomic mass is 10.0. The Hall–Kier alpha value is -3.73. The molecule has 0 spiro atoms. The van der Waals surface area contributed by atoms with Crippen LogP contribution in [0.25, 0.3) is 27.5 Å². The number of allylic oxidation sites excluding steroid dienone is 4. The largest absolute Gasteiger partial charge is 0.306 e. The van der Waals surface area contributed by atoms with Gasteiger partial charge < -0.3 is 5.32 Å². The van der Waals surface area contributed by atoms with Crippen molar-refractivity contribution in [1.82, 2.24) is 14.8 Å². The van der Waals surface area contributed by atoms with E-state index in [9.17, 15) is 4.79 Å². The minimum atomic E-state index is -0.174. The molecule has 0 aliphatic carbocycles. The Morgan fingerprint density at radius 2 is 1.69 bits per heavy atom. The molecule has 0 unspecified atom stereocenters. The molecule has 2 aromatic heterocycles. The van der Waals surface area contributed by atoms with E-state index in [1.165, 1.54) is 0 Å². The molecule has 2 aromatic carbocycles. The number of rotatable bonds is 6. The molecule has 4 aromatic rings. The zero-order valence-corrected chi connectivity index (χ0v) is 19.0. The molecule has 0 aliphatic rings. The summed E-state index contributed by atoms with van der Waals surface area (Å²) in [6.07, 6.45) is 6.95. The van der Waals surface area contributed by atoms with E-state index < -0.39 is 0 Å². The second kappa shape index (κ2) is 9.18. The van der Waals surface area contributed by atoms with Gasteiger partial charge in [0.1, 0.15) is 5.82 Å². The van der Waals surface area contributed by atoms with E-state index in [4.69, 9.17) is 10.1 Å². The Morgan fingerprint density at radius 1 is 1.06 bits per heavy atom. The predicted octanol–water partition coefficient (Wildman–Crippen LogP) is 6.79. The van der Waals surface area contributed by atoms with Crippen LogP contribution in [0.4, 0.5) is 5.82 Å². The molecule has 0 saturated heterocycles. The van der Waals surface area contributed by atoms with Gasteiger partial charge in [0, 0.05) is 16.8 Å². The van der Waals surface area contributed by atoms with Crippen LogP contribution >= 0.6 is 0 Å². The van der Waals surface area contributed by atoms with Crippen LogP contribution in [0.1, 0.15) is 56.1 Å². The van der Waals surface area contributed by atoms with Gasteiger partial charge in [0.05, 0.1) is 28.0 Å². The van der Waals surface area contributed by atoms with E-state index in [0.29, 0.717) is 11.4 Å². The highest BCUT2D eigenvalue weighted by atomic mass is 16.1. The average Bonchev–Trinajstić information content (AvgIpc) is 3.21. The van der Waals surface area contributed by atoms with E-state index in [2.05, 4.69) is 32.2 Å². The van der Waals surface area contributed by atoms with Crippen LogP contribution in [0.3, 0.4) is 0 Å². The zero-order valence-electron chi connectivity index (χ0n) is 19.0. The standard InChI is InChI=1S/C27H28N4O/c1-5-11-19(12-6-2)31-25(17-24(30-31)18(3)4)29-27(32)26-20-13-7-9-15-22(20)28-23-16-10-8-14-21(23)26/h5,7-18H,6H2,1-4H3,(H,29,32)/b11-5-,19-12+. The number of anilines is 1. The van der Waals surface area contributed by atoms with Gasteiger partial charge in [-0.3, -0.25) is 4.79 Å². The molecule has 1 amide bonds. The van der Waals surface area contributed by atoms with Gasteiger partial charge in [-0.15, -0.1) is 0 Å². The molecule has 5 nitrogen and oxygen atoms in total. The minimum Gasteiger partial charge on any atom is -0.306 e. The van der Waals surface area contributed by atoms with Crippen LogP contribution in [0, 0.1) is 0 Å². The van der Waals surface area contributed by atoms with Gasteiger partial charge in [-0.2, -0.15) is 5.10 Å². The Balaban J connectivity index is 1.86. The van der Waals surface area contributed by atoms with E-state index in [0.717, 1.165) is 39.6 Å². The summed E-state index contributed by atoms with van der Waals surface area (Å²) >= 11 is 0. The SMILES string of the molecule is C/C=C\C(=C/CC)n1nc(C(C)C)cc1NC(=O)c1c2ccccc2nc2ccccc12. The van der Waals surface area contributed by atoms with Gasteiger partial charge in [-0.1, -0.05) is 69.3 Å². The lowest BCUT2D eigenvalue weighted by Gasteiger charge is -2.13. The van der Waals surface area contributed by atoms with Crippen molar-refractivity contribution < 1.29 is 4.79 Å². The summed E-state index contributed by atoms with van der Waals surface area (Å²) in [6.45, 7) is 8.26. The van der Waals surface area contributed by atoms with Crippen molar-refractivity contribution in [3.8, 4) is 0 Å². The molecule has 0 saturated carbocycles. The molecule has 2 heterocycles. The first kappa shape index (κ1) is 21.5. The van der Waals surface area contributed by atoms with Crippen molar-refractivity contribution in [2.24, 2.45) is 0 Å².